The fourth-order valence-electron chi connectivity index (χ4n) is 2.90. The molecule has 0 amide bonds. The van der Waals surface area contributed by atoms with Crippen LogP contribution in [-0.2, 0) is 11.3 Å². The van der Waals surface area contributed by atoms with E-state index in [2.05, 4.69) is 10.1 Å². The smallest absolute Gasteiger partial charge is 0.283 e. The number of nitrogen functional groups attached to an aromatic ring is 1. The van der Waals surface area contributed by atoms with Crippen molar-refractivity contribution in [3.63, 3.8) is 0 Å². The summed E-state index contributed by atoms with van der Waals surface area (Å²) in [6, 6.07) is 9.70. The molecule has 0 saturated carbocycles. The van der Waals surface area contributed by atoms with Crippen molar-refractivity contribution in [3.05, 3.63) is 52.4 Å². The number of nitrogens with zero attached hydrogens (tertiary/aromatic N) is 5. The molecule has 4 rings (SSSR count). The van der Waals surface area contributed by atoms with Crippen LogP contribution in [0.25, 0.3) is 11.0 Å². The van der Waals surface area contributed by atoms with Crippen LogP contribution in [0.1, 0.15) is 5.56 Å². The monoisotopic (exact) mass is 326 g/mol. The van der Waals surface area contributed by atoms with Gasteiger partial charge in [-0.2, -0.15) is 9.89 Å². The number of nitrogens with two attached hydrogens (primary N) is 1. The lowest BCUT2D eigenvalue weighted by Gasteiger charge is -2.28. The normalized spacial score (nSPS) is 15.1. The van der Waals surface area contributed by atoms with E-state index in [-0.39, 0.29) is 11.5 Å². The highest BCUT2D eigenvalue weighted by atomic mass is 16.5. The van der Waals surface area contributed by atoms with Crippen LogP contribution in [-0.4, -0.2) is 45.7 Å². The Kier molecular flexibility index (Phi) is 3.66. The van der Waals surface area contributed by atoms with Crippen LogP contribution in [0.5, 0.6) is 0 Å². The summed E-state index contributed by atoms with van der Waals surface area (Å²) in [6.45, 7) is 2.96. The lowest BCUT2D eigenvalue weighted by Crippen LogP contribution is -2.45. The molecule has 1 saturated heterocycles. The lowest BCUT2D eigenvalue weighted by atomic mass is 10.2. The standard InChI is InChI=1S/C16H18N6O2/c17-16-19-13-10-18-22(20-6-8-24-9-7-20)14(13)15(23)21(16)11-12-4-2-1-3-5-12/h1-5,10H,6-9,11H2,(H2,17,19). The lowest BCUT2D eigenvalue weighted by molar-refractivity contribution is 0.110. The van der Waals surface area contributed by atoms with Gasteiger partial charge in [-0.3, -0.25) is 14.4 Å². The van der Waals surface area contributed by atoms with Crippen molar-refractivity contribution in [2.45, 2.75) is 6.54 Å². The molecule has 124 valence electrons. The van der Waals surface area contributed by atoms with Crippen LogP contribution >= 0.6 is 0 Å². The zero-order valence-corrected chi connectivity index (χ0v) is 13.1. The molecule has 0 unspecified atom stereocenters. The van der Waals surface area contributed by atoms with Gasteiger partial charge in [-0.25, -0.2) is 4.98 Å². The van der Waals surface area contributed by atoms with E-state index in [9.17, 15) is 4.79 Å². The number of fused-ring (bicyclic) bond motifs is 1. The number of ether oxygens (including phenoxy) is 1. The molecule has 0 atom stereocenters. The average molecular weight is 326 g/mol. The third-order valence-corrected chi connectivity index (χ3v) is 4.13. The van der Waals surface area contributed by atoms with Gasteiger partial charge in [0.05, 0.1) is 39.0 Å². The second kappa shape index (κ2) is 5.97. The zero-order chi connectivity index (χ0) is 16.5. The summed E-state index contributed by atoms with van der Waals surface area (Å²) in [5, 5.41) is 6.31. The van der Waals surface area contributed by atoms with Gasteiger partial charge in [-0.05, 0) is 5.56 Å². The molecule has 1 aliphatic rings. The van der Waals surface area contributed by atoms with Crippen molar-refractivity contribution in [1.29, 1.82) is 0 Å². The summed E-state index contributed by atoms with van der Waals surface area (Å²) in [6.07, 6.45) is 1.58. The Bertz CT molecular complexity index is 911. The average Bonchev–Trinajstić information content (AvgIpc) is 3.04. The summed E-state index contributed by atoms with van der Waals surface area (Å²) >= 11 is 0. The molecule has 3 aromatic rings. The van der Waals surface area contributed by atoms with Crippen LogP contribution in [0.3, 0.4) is 0 Å². The summed E-state index contributed by atoms with van der Waals surface area (Å²) in [7, 11) is 0. The van der Waals surface area contributed by atoms with Crippen molar-refractivity contribution in [3.8, 4) is 0 Å². The minimum absolute atomic E-state index is 0.189. The maximum atomic E-state index is 13.0. The maximum absolute atomic E-state index is 13.0. The summed E-state index contributed by atoms with van der Waals surface area (Å²) in [5.41, 5.74) is 7.76. The van der Waals surface area contributed by atoms with Crippen molar-refractivity contribution >= 4 is 17.0 Å². The van der Waals surface area contributed by atoms with Gasteiger partial charge in [-0.15, -0.1) is 0 Å². The van der Waals surface area contributed by atoms with Gasteiger partial charge in [0.15, 0.2) is 5.52 Å². The van der Waals surface area contributed by atoms with E-state index in [1.54, 1.807) is 11.0 Å². The maximum Gasteiger partial charge on any atom is 0.283 e. The molecule has 3 heterocycles. The van der Waals surface area contributed by atoms with E-state index in [1.807, 2.05) is 35.3 Å². The number of aromatic nitrogens is 4. The minimum Gasteiger partial charge on any atom is -0.378 e. The zero-order valence-electron chi connectivity index (χ0n) is 13.1. The largest absolute Gasteiger partial charge is 0.378 e. The topological polar surface area (TPSA) is 91.2 Å². The Morgan fingerprint density at radius 3 is 2.67 bits per heavy atom. The molecular weight excluding hydrogens is 308 g/mol. The van der Waals surface area contributed by atoms with Gasteiger partial charge < -0.3 is 10.5 Å². The molecule has 8 nitrogen and oxygen atoms in total. The van der Waals surface area contributed by atoms with Gasteiger partial charge in [0, 0.05) is 0 Å². The Hall–Kier alpha value is -2.87. The number of benzene rings is 1. The van der Waals surface area contributed by atoms with Gasteiger partial charge in [0.1, 0.15) is 5.52 Å². The van der Waals surface area contributed by atoms with Crippen molar-refractivity contribution in [1.82, 2.24) is 19.4 Å². The molecule has 0 bridgehead atoms. The van der Waals surface area contributed by atoms with Gasteiger partial charge in [0.25, 0.3) is 5.56 Å². The number of rotatable bonds is 3. The van der Waals surface area contributed by atoms with Crippen LogP contribution in [0.15, 0.2) is 41.3 Å². The van der Waals surface area contributed by atoms with Gasteiger partial charge >= 0.3 is 0 Å². The molecule has 1 aliphatic heterocycles. The molecule has 2 aromatic heterocycles. The molecule has 1 aromatic carbocycles. The molecule has 2 N–H and O–H groups in total. The summed E-state index contributed by atoms with van der Waals surface area (Å²) in [4.78, 5) is 19.0. The van der Waals surface area contributed by atoms with E-state index in [0.29, 0.717) is 43.9 Å². The fraction of sp³-hybridized carbons (Fsp3) is 0.312. The quantitative estimate of drug-likeness (QED) is 0.739. The van der Waals surface area contributed by atoms with Gasteiger partial charge in [-0.1, -0.05) is 30.3 Å². The number of anilines is 1. The Balaban J connectivity index is 1.81. The van der Waals surface area contributed by atoms with E-state index >= 15 is 0 Å². The molecule has 8 heteroatoms. The molecule has 24 heavy (non-hydrogen) atoms. The Morgan fingerprint density at radius 1 is 1.17 bits per heavy atom. The first-order valence-corrected chi connectivity index (χ1v) is 7.85. The van der Waals surface area contributed by atoms with Crippen LogP contribution in [0.2, 0.25) is 0 Å². The van der Waals surface area contributed by atoms with E-state index in [1.165, 1.54) is 4.57 Å². The van der Waals surface area contributed by atoms with E-state index in [4.69, 9.17) is 10.5 Å². The molecule has 0 aliphatic carbocycles. The second-order valence-electron chi connectivity index (χ2n) is 5.68. The number of hydrogen-bond acceptors (Lipinski definition) is 6. The molecule has 0 spiro atoms. The van der Waals surface area contributed by atoms with Crippen LogP contribution < -0.4 is 16.3 Å². The second-order valence-corrected chi connectivity index (χ2v) is 5.68. The Labute approximate surface area is 138 Å². The van der Waals surface area contributed by atoms with Crippen LogP contribution in [0.4, 0.5) is 5.95 Å². The van der Waals surface area contributed by atoms with E-state index in [0.717, 1.165) is 5.56 Å². The SMILES string of the molecule is Nc1nc2cnn(N3CCOCC3)c2c(=O)n1Cc1ccccc1. The van der Waals surface area contributed by atoms with E-state index < -0.39 is 0 Å². The predicted molar refractivity (Wildman–Crippen MR) is 90.5 cm³/mol. The first-order chi connectivity index (χ1) is 11.7. The first kappa shape index (κ1) is 14.7. The summed E-state index contributed by atoms with van der Waals surface area (Å²) < 4.78 is 6.84. The van der Waals surface area contributed by atoms with Crippen molar-refractivity contribution in [2.24, 2.45) is 0 Å². The Morgan fingerprint density at radius 2 is 1.92 bits per heavy atom. The van der Waals surface area contributed by atoms with Crippen molar-refractivity contribution < 1.29 is 4.74 Å². The van der Waals surface area contributed by atoms with Gasteiger partial charge in [0.2, 0.25) is 5.95 Å². The highest BCUT2D eigenvalue weighted by Crippen LogP contribution is 2.12. The molecule has 1 fully saturated rings. The third kappa shape index (κ3) is 2.50. The molecule has 0 radical (unpaired) electrons. The highest BCUT2D eigenvalue weighted by Gasteiger charge is 2.19. The molecular formula is C16H18N6O2. The summed E-state index contributed by atoms with van der Waals surface area (Å²) in [5.74, 6) is 0.192. The predicted octanol–water partition coefficient (Wildman–Crippen LogP) is 0.192. The van der Waals surface area contributed by atoms with Crippen molar-refractivity contribution in [2.75, 3.05) is 37.0 Å². The first-order valence-electron chi connectivity index (χ1n) is 7.85. The highest BCUT2D eigenvalue weighted by molar-refractivity contribution is 5.74. The fourth-order valence-corrected chi connectivity index (χ4v) is 2.90. The minimum atomic E-state index is -0.189. The number of hydrogen-bond donors (Lipinski definition) is 1. The number of morpholine rings is 1. The third-order valence-electron chi connectivity index (χ3n) is 4.13. The van der Waals surface area contributed by atoms with Crippen LogP contribution in [0, 0.1) is 0 Å².